The molecule has 2 aromatic heterocycles. The molecule has 5 heteroatoms. The third-order valence-corrected chi connectivity index (χ3v) is 4.00. The lowest BCUT2D eigenvalue weighted by Crippen LogP contribution is -2.45. The molecule has 2 aromatic rings. The van der Waals surface area contributed by atoms with Gasteiger partial charge in [-0.2, -0.15) is 0 Å². The highest BCUT2D eigenvalue weighted by Gasteiger charge is 2.17. The minimum absolute atomic E-state index is 0.0210. The van der Waals surface area contributed by atoms with Crippen molar-refractivity contribution in [3.05, 3.63) is 35.7 Å². The summed E-state index contributed by atoms with van der Waals surface area (Å²) < 4.78 is 7.93. The van der Waals surface area contributed by atoms with E-state index in [-0.39, 0.29) is 5.54 Å². The number of rotatable bonds is 8. The van der Waals surface area contributed by atoms with Gasteiger partial charge >= 0.3 is 0 Å². The molecule has 0 saturated carbocycles. The van der Waals surface area contributed by atoms with Gasteiger partial charge in [0, 0.05) is 24.5 Å². The quantitative estimate of drug-likeness (QED) is 0.760. The number of thiophene rings is 1. The maximum Gasteiger partial charge on any atom is 0.174 e. The van der Waals surface area contributed by atoms with Gasteiger partial charge in [0.1, 0.15) is 6.61 Å². The number of hydrogen-bond acceptors (Lipinski definition) is 4. The lowest BCUT2D eigenvalue weighted by Gasteiger charge is -2.26. The zero-order valence-corrected chi connectivity index (χ0v) is 13.2. The van der Waals surface area contributed by atoms with Gasteiger partial charge in [0.05, 0.1) is 6.33 Å². The third-order valence-electron chi connectivity index (χ3n) is 3.04. The molecule has 0 fully saturated rings. The Labute approximate surface area is 124 Å². The lowest BCUT2D eigenvalue weighted by atomic mass is 10.1. The van der Waals surface area contributed by atoms with Crippen molar-refractivity contribution in [1.82, 2.24) is 14.9 Å². The number of hydrogen-bond donors (Lipinski definition) is 1. The van der Waals surface area contributed by atoms with Crippen molar-refractivity contribution in [2.75, 3.05) is 13.2 Å². The first-order chi connectivity index (χ1) is 9.55. The van der Waals surface area contributed by atoms with Crippen LogP contribution in [-0.4, -0.2) is 28.2 Å². The van der Waals surface area contributed by atoms with Crippen molar-refractivity contribution in [3.8, 4) is 5.06 Å². The van der Waals surface area contributed by atoms with Gasteiger partial charge in [0.2, 0.25) is 0 Å². The summed E-state index contributed by atoms with van der Waals surface area (Å²) in [6, 6.07) is 2.08. The molecule has 0 bridgehead atoms. The lowest BCUT2D eigenvalue weighted by molar-refractivity contribution is 0.212. The van der Waals surface area contributed by atoms with Gasteiger partial charge < -0.3 is 14.6 Å². The standard InChI is InChI=1S/C15H23N3OS/c1-13-9-14(20-10-13)19-11-15(2,3)17-5-4-7-18-8-6-16-12-18/h6,8-10,12,17H,4-5,7,11H2,1-3H3. The summed E-state index contributed by atoms with van der Waals surface area (Å²) in [6.45, 7) is 9.07. The first kappa shape index (κ1) is 15.1. The van der Waals surface area contributed by atoms with E-state index in [1.807, 2.05) is 18.7 Å². The van der Waals surface area contributed by atoms with E-state index in [0.717, 1.165) is 24.6 Å². The van der Waals surface area contributed by atoms with Crippen LogP contribution in [0.15, 0.2) is 30.2 Å². The number of aryl methyl sites for hydroxylation is 2. The molecule has 0 unspecified atom stereocenters. The summed E-state index contributed by atoms with van der Waals surface area (Å²) in [6.07, 6.45) is 6.74. The van der Waals surface area contributed by atoms with Crippen molar-refractivity contribution >= 4 is 11.3 Å². The molecule has 1 N–H and O–H groups in total. The summed E-state index contributed by atoms with van der Waals surface area (Å²) in [4.78, 5) is 4.04. The molecular weight excluding hydrogens is 270 g/mol. The molecule has 0 amide bonds. The van der Waals surface area contributed by atoms with Crippen LogP contribution in [0, 0.1) is 6.92 Å². The van der Waals surface area contributed by atoms with Crippen molar-refractivity contribution in [2.45, 2.75) is 39.3 Å². The van der Waals surface area contributed by atoms with E-state index in [9.17, 15) is 0 Å². The normalized spacial score (nSPS) is 11.8. The fourth-order valence-electron chi connectivity index (χ4n) is 1.89. The Hall–Kier alpha value is -1.33. The van der Waals surface area contributed by atoms with Gasteiger partial charge in [0.15, 0.2) is 5.06 Å². The minimum atomic E-state index is -0.0210. The van der Waals surface area contributed by atoms with Crippen LogP contribution in [0.3, 0.4) is 0 Å². The van der Waals surface area contributed by atoms with Crippen LogP contribution in [0.5, 0.6) is 5.06 Å². The summed E-state index contributed by atoms with van der Waals surface area (Å²) in [5.74, 6) is 0. The highest BCUT2D eigenvalue weighted by atomic mass is 32.1. The Morgan fingerprint density at radius 3 is 2.95 bits per heavy atom. The van der Waals surface area contributed by atoms with Crippen molar-refractivity contribution in [2.24, 2.45) is 0 Å². The summed E-state index contributed by atoms with van der Waals surface area (Å²) in [5.41, 5.74) is 1.24. The number of nitrogens with one attached hydrogen (secondary N) is 1. The predicted octanol–water partition coefficient (Wildman–Crippen LogP) is 3.09. The van der Waals surface area contributed by atoms with Gasteiger partial charge in [-0.3, -0.25) is 0 Å². The Morgan fingerprint density at radius 2 is 2.30 bits per heavy atom. The van der Waals surface area contributed by atoms with Gasteiger partial charge in [-0.25, -0.2) is 4.98 Å². The fourth-order valence-corrected chi connectivity index (χ4v) is 2.64. The zero-order valence-electron chi connectivity index (χ0n) is 12.4. The Bertz CT molecular complexity index is 505. The average Bonchev–Trinajstić information content (AvgIpc) is 3.04. The zero-order chi connectivity index (χ0) is 14.4. The Kier molecular flexibility index (Phi) is 5.20. The van der Waals surface area contributed by atoms with Crippen LogP contribution in [0.1, 0.15) is 25.8 Å². The van der Waals surface area contributed by atoms with Gasteiger partial charge in [-0.15, -0.1) is 11.3 Å². The van der Waals surface area contributed by atoms with E-state index in [1.54, 1.807) is 11.3 Å². The van der Waals surface area contributed by atoms with Crippen molar-refractivity contribution in [3.63, 3.8) is 0 Å². The van der Waals surface area contributed by atoms with E-state index in [2.05, 4.69) is 47.1 Å². The number of aromatic nitrogens is 2. The highest BCUT2D eigenvalue weighted by Crippen LogP contribution is 2.23. The smallest absolute Gasteiger partial charge is 0.174 e. The van der Waals surface area contributed by atoms with E-state index in [0.29, 0.717) is 6.61 Å². The molecule has 2 heterocycles. The molecule has 0 aliphatic heterocycles. The molecule has 0 saturated heterocycles. The first-order valence-corrected chi connectivity index (χ1v) is 7.82. The van der Waals surface area contributed by atoms with Crippen molar-refractivity contribution < 1.29 is 4.74 Å². The maximum absolute atomic E-state index is 5.84. The van der Waals surface area contributed by atoms with Crippen LogP contribution in [0.4, 0.5) is 0 Å². The number of nitrogens with zero attached hydrogens (tertiary/aromatic N) is 2. The molecule has 0 spiro atoms. The minimum Gasteiger partial charge on any atom is -0.482 e. The van der Waals surface area contributed by atoms with Crippen LogP contribution in [0.25, 0.3) is 0 Å². The molecular formula is C15H23N3OS. The first-order valence-electron chi connectivity index (χ1n) is 6.94. The number of ether oxygens (including phenoxy) is 1. The molecule has 0 aliphatic rings. The molecule has 20 heavy (non-hydrogen) atoms. The average molecular weight is 293 g/mol. The molecule has 0 aromatic carbocycles. The van der Waals surface area contributed by atoms with Crippen molar-refractivity contribution in [1.29, 1.82) is 0 Å². The second kappa shape index (κ2) is 6.90. The molecule has 2 rings (SSSR count). The molecule has 0 atom stereocenters. The van der Waals surface area contributed by atoms with E-state index in [1.165, 1.54) is 5.56 Å². The van der Waals surface area contributed by atoms with Gasteiger partial charge in [0.25, 0.3) is 0 Å². The molecule has 110 valence electrons. The second-order valence-corrected chi connectivity index (χ2v) is 6.57. The SMILES string of the molecule is Cc1csc(OCC(C)(C)NCCCn2ccnc2)c1. The summed E-state index contributed by atoms with van der Waals surface area (Å²) >= 11 is 1.66. The molecule has 0 radical (unpaired) electrons. The van der Waals surface area contributed by atoms with Crippen LogP contribution < -0.4 is 10.1 Å². The predicted molar refractivity (Wildman–Crippen MR) is 83.5 cm³/mol. The largest absolute Gasteiger partial charge is 0.482 e. The van der Waals surface area contributed by atoms with E-state index >= 15 is 0 Å². The second-order valence-electron chi connectivity index (χ2n) is 5.70. The maximum atomic E-state index is 5.84. The van der Waals surface area contributed by atoms with Crippen LogP contribution >= 0.6 is 11.3 Å². The van der Waals surface area contributed by atoms with E-state index < -0.39 is 0 Å². The number of imidazole rings is 1. The highest BCUT2D eigenvalue weighted by molar-refractivity contribution is 7.12. The monoisotopic (exact) mass is 293 g/mol. The fraction of sp³-hybridized carbons (Fsp3) is 0.533. The Balaban J connectivity index is 1.65. The topological polar surface area (TPSA) is 39.1 Å². The summed E-state index contributed by atoms with van der Waals surface area (Å²) in [5, 5.41) is 6.65. The summed E-state index contributed by atoms with van der Waals surface area (Å²) in [7, 11) is 0. The Morgan fingerprint density at radius 1 is 1.45 bits per heavy atom. The van der Waals surface area contributed by atoms with Gasteiger partial charge in [-0.1, -0.05) is 0 Å². The van der Waals surface area contributed by atoms with Crippen LogP contribution in [0.2, 0.25) is 0 Å². The van der Waals surface area contributed by atoms with Gasteiger partial charge in [-0.05, 0) is 50.7 Å². The van der Waals surface area contributed by atoms with Crippen LogP contribution in [-0.2, 0) is 6.54 Å². The molecule has 0 aliphatic carbocycles. The van der Waals surface area contributed by atoms with E-state index in [4.69, 9.17) is 4.74 Å². The third kappa shape index (κ3) is 4.98. The molecule has 4 nitrogen and oxygen atoms in total.